The van der Waals surface area contributed by atoms with E-state index in [1.807, 2.05) is 0 Å². The molecule has 3 heteroatoms. The van der Waals surface area contributed by atoms with E-state index in [2.05, 4.69) is 30.4 Å². The number of rotatable bonds is 8. The van der Waals surface area contributed by atoms with Gasteiger partial charge in [0.25, 0.3) is 0 Å². The third kappa shape index (κ3) is 7.37. The largest absolute Gasteiger partial charge is 0.469 e. The number of carbonyl (C=O) groups is 1. The Morgan fingerprint density at radius 3 is 2.53 bits per heavy atom. The molecule has 0 bridgehead atoms. The minimum Gasteiger partial charge on any atom is -0.469 e. The average molecular weight is 215 g/mol. The first-order valence-electron chi connectivity index (χ1n) is 5.93. The Hall–Kier alpha value is -0.570. The van der Waals surface area contributed by atoms with Crippen molar-refractivity contribution < 1.29 is 9.53 Å². The van der Waals surface area contributed by atoms with Gasteiger partial charge in [-0.2, -0.15) is 0 Å². The van der Waals surface area contributed by atoms with Crippen LogP contribution in [0, 0.1) is 5.92 Å². The molecule has 15 heavy (non-hydrogen) atoms. The molecule has 0 fully saturated rings. The van der Waals surface area contributed by atoms with E-state index in [9.17, 15) is 4.79 Å². The van der Waals surface area contributed by atoms with Gasteiger partial charge in [-0.25, -0.2) is 0 Å². The van der Waals surface area contributed by atoms with Crippen LogP contribution in [0.5, 0.6) is 0 Å². The standard InChI is InChI=1S/C12H25NO2/c1-5-7-11(3)10-13(6-2)9-8-12(14)15-4/h11H,5-10H2,1-4H3. The summed E-state index contributed by atoms with van der Waals surface area (Å²) in [6.45, 7) is 9.52. The summed E-state index contributed by atoms with van der Waals surface area (Å²) in [6, 6.07) is 0. The molecule has 0 amide bonds. The molecule has 0 saturated carbocycles. The van der Waals surface area contributed by atoms with E-state index >= 15 is 0 Å². The Bertz CT molecular complexity index is 171. The van der Waals surface area contributed by atoms with E-state index < -0.39 is 0 Å². The van der Waals surface area contributed by atoms with Crippen molar-refractivity contribution in [3.63, 3.8) is 0 Å². The summed E-state index contributed by atoms with van der Waals surface area (Å²) >= 11 is 0. The average Bonchev–Trinajstić information content (AvgIpc) is 2.23. The Balaban J connectivity index is 3.76. The van der Waals surface area contributed by atoms with Gasteiger partial charge >= 0.3 is 5.97 Å². The molecular weight excluding hydrogens is 190 g/mol. The first-order chi connectivity index (χ1) is 7.13. The summed E-state index contributed by atoms with van der Waals surface area (Å²) < 4.78 is 4.63. The van der Waals surface area contributed by atoms with E-state index in [0.29, 0.717) is 12.3 Å². The van der Waals surface area contributed by atoms with Crippen molar-refractivity contribution in [2.24, 2.45) is 5.92 Å². The quantitative estimate of drug-likeness (QED) is 0.582. The van der Waals surface area contributed by atoms with Gasteiger partial charge in [0.15, 0.2) is 0 Å². The molecule has 3 nitrogen and oxygen atoms in total. The number of carbonyl (C=O) groups excluding carboxylic acids is 1. The highest BCUT2D eigenvalue weighted by Gasteiger charge is 2.10. The van der Waals surface area contributed by atoms with E-state index in [0.717, 1.165) is 19.6 Å². The lowest BCUT2D eigenvalue weighted by atomic mass is 10.1. The van der Waals surface area contributed by atoms with Gasteiger partial charge in [0, 0.05) is 13.1 Å². The lowest BCUT2D eigenvalue weighted by molar-refractivity contribution is -0.141. The molecule has 0 saturated heterocycles. The molecule has 1 unspecified atom stereocenters. The van der Waals surface area contributed by atoms with Crippen LogP contribution in [0.2, 0.25) is 0 Å². The lowest BCUT2D eigenvalue weighted by Gasteiger charge is -2.23. The zero-order valence-electron chi connectivity index (χ0n) is 10.6. The Morgan fingerprint density at radius 1 is 1.40 bits per heavy atom. The minimum atomic E-state index is -0.114. The van der Waals surface area contributed by atoms with Gasteiger partial charge in [0.1, 0.15) is 0 Å². The molecule has 0 aliphatic heterocycles. The summed E-state index contributed by atoms with van der Waals surface area (Å²) in [4.78, 5) is 13.3. The molecule has 0 aliphatic rings. The molecular formula is C12H25NO2. The second-order valence-corrected chi connectivity index (χ2v) is 4.11. The van der Waals surface area contributed by atoms with Crippen LogP contribution in [0.25, 0.3) is 0 Å². The zero-order valence-corrected chi connectivity index (χ0v) is 10.6. The van der Waals surface area contributed by atoms with Crippen molar-refractivity contribution in [2.45, 2.75) is 40.0 Å². The topological polar surface area (TPSA) is 29.5 Å². The Morgan fingerprint density at radius 2 is 2.07 bits per heavy atom. The van der Waals surface area contributed by atoms with Crippen molar-refractivity contribution in [3.05, 3.63) is 0 Å². The monoisotopic (exact) mass is 215 g/mol. The van der Waals surface area contributed by atoms with Crippen LogP contribution >= 0.6 is 0 Å². The van der Waals surface area contributed by atoms with Gasteiger partial charge in [-0.1, -0.05) is 27.2 Å². The number of methoxy groups -OCH3 is 1. The van der Waals surface area contributed by atoms with E-state index in [4.69, 9.17) is 0 Å². The van der Waals surface area contributed by atoms with Crippen molar-refractivity contribution in [3.8, 4) is 0 Å². The van der Waals surface area contributed by atoms with E-state index in [-0.39, 0.29) is 5.97 Å². The lowest BCUT2D eigenvalue weighted by Crippen LogP contribution is -2.30. The van der Waals surface area contributed by atoms with Crippen molar-refractivity contribution in [1.29, 1.82) is 0 Å². The highest BCUT2D eigenvalue weighted by molar-refractivity contribution is 5.69. The molecule has 90 valence electrons. The fraction of sp³-hybridized carbons (Fsp3) is 0.917. The maximum Gasteiger partial charge on any atom is 0.306 e. The molecule has 0 spiro atoms. The predicted molar refractivity (Wildman–Crippen MR) is 62.8 cm³/mol. The van der Waals surface area contributed by atoms with Gasteiger partial charge < -0.3 is 9.64 Å². The second-order valence-electron chi connectivity index (χ2n) is 4.11. The van der Waals surface area contributed by atoms with E-state index in [1.165, 1.54) is 20.0 Å². The van der Waals surface area contributed by atoms with Crippen molar-refractivity contribution >= 4 is 5.97 Å². The summed E-state index contributed by atoms with van der Waals surface area (Å²) in [7, 11) is 1.44. The molecule has 0 aromatic carbocycles. The molecule has 0 rings (SSSR count). The van der Waals surface area contributed by atoms with Crippen LogP contribution in [0.3, 0.4) is 0 Å². The number of nitrogens with zero attached hydrogens (tertiary/aromatic N) is 1. The Kier molecular flexibility index (Phi) is 8.38. The fourth-order valence-corrected chi connectivity index (χ4v) is 1.75. The van der Waals surface area contributed by atoms with Gasteiger partial charge in [0.2, 0.25) is 0 Å². The van der Waals surface area contributed by atoms with Crippen LogP contribution in [0.4, 0.5) is 0 Å². The highest BCUT2D eigenvalue weighted by Crippen LogP contribution is 2.07. The first kappa shape index (κ1) is 14.4. The van der Waals surface area contributed by atoms with Gasteiger partial charge in [-0.15, -0.1) is 0 Å². The maximum absolute atomic E-state index is 11.0. The summed E-state index contributed by atoms with van der Waals surface area (Å²) in [5.41, 5.74) is 0. The highest BCUT2D eigenvalue weighted by atomic mass is 16.5. The predicted octanol–water partition coefficient (Wildman–Crippen LogP) is 2.31. The fourth-order valence-electron chi connectivity index (χ4n) is 1.75. The number of hydrogen-bond acceptors (Lipinski definition) is 3. The zero-order chi connectivity index (χ0) is 11.7. The Labute approximate surface area is 93.8 Å². The molecule has 0 radical (unpaired) electrons. The van der Waals surface area contributed by atoms with E-state index in [1.54, 1.807) is 0 Å². The SMILES string of the molecule is CCCC(C)CN(CC)CCC(=O)OC. The van der Waals surface area contributed by atoms with Crippen molar-refractivity contribution in [1.82, 2.24) is 4.90 Å². The second kappa shape index (κ2) is 8.72. The first-order valence-corrected chi connectivity index (χ1v) is 5.93. The van der Waals surface area contributed by atoms with Gasteiger partial charge in [0.05, 0.1) is 13.5 Å². The molecule has 0 N–H and O–H groups in total. The van der Waals surface area contributed by atoms with Crippen LogP contribution in [0.15, 0.2) is 0 Å². The van der Waals surface area contributed by atoms with Crippen molar-refractivity contribution in [2.75, 3.05) is 26.7 Å². The number of esters is 1. The summed E-state index contributed by atoms with van der Waals surface area (Å²) in [5, 5.41) is 0. The normalized spacial score (nSPS) is 12.9. The molecule has 1 atom stereocenters. The van der Waals surface area contributed by atoms with Gasteiger partial charge in [-0.3, -0.25) is 4.79 Å². The third-order valence-corrected chi connectivity index (χ3v) is 2.66. The van der Waals surface area contributed by atoms with Crippen LogP contribution in [-0.4, -0.2) is 37.6 Å². The minimum absolute atomic E-state index is 0.114. The van der Waals surface area contributed by atoms with Crippen LogP contribution < -0.4 is 0 Å². The third-order valence-electron chi connectivity index (χ3n) is 2.66. The number of hydrogen-bond donors (Lipinski definition) is 0. The summed E-state index contributed by atoms with van der Waals surface area (Å²) in [5.74, 6) is 0.601. The maximum atomic E-state index is 11.0. The molecule has 0 aliphatic carbocycles. The summed E-state index contributed by atoms with van der Waals surface area (Å²) in [6.07, 6.45) is 2.99. The molecule has 0 heterocycles. The van der Waals surface area contributed by atoms with Gasteiger partial charge in [-0.05, 0) is 18.9 Å². The van der Waals surface area contributed by atoms with Crippen LogP contribution in [-0.2, 0) is 9.53 Å². The molecule has 0 aromatic heterocycles. The smallest absolute Gasteiger partial charge is 0.306 e. The number of ether oxygens (including phenoxy) is 1. The molecule has 0 aromatic rings. The van der Waals surface area contributed by atoms with Crippen LogP contribution in [0.1, 0.15) is 40.0 Å².